The van der Waals surface area contributed by atoms with Crippen molar-refractivity contribution in [3.8, 4) is 11.1 Å². The normalized spacial score (nSPS) is 17.1. The van der Waals surface area contributed by atoms with Gasteiger partial charge in [-0.1, -0.05) is 6.07 Å². The van der Waals surface area contributed by atoms with Gasteiger partial charge >= 0.3 is 0 Å². The summed E-state index contributed by atoms with van der Waals surface area (Å²) in [7, 11) is 3.60. The Morgan fingerprint density at radius 1 is 1.23 bits per heavy atom. The highest BCUT2D eigenvalue weighted by atomic mass is 16.1. The highest BCUT2D eigenvalue weighted by Gasteiger charge is 2.23. The van der Waals surface area contributed by atoms with Crippen molar-refractivity contribution in [3.63, 3.8) is 0 Å². The van der Waals surface area contributed by atoms with Crippen LogP contribution < -0.4 is 5.32 Å². The van der Waals surface area contributed by atoms with Crippen LogP contribution in [-0.4, -0.2) is 50.7 Å². The second kappa shape index (κ2) is 8.75. The Morgan fingerprint density at radius 3 is 2.80 bits per heavy atom. The molecule has 1 fully saturated rings. The van der Waals surface area contributed by atoms with Gasteiger partial charge in [0.05, 0.1) is 5.69 Å². The summed E-state index contributed by atoms with van der Waals surface area (Å²) in [6.07, 6.45) is 5.93. The number of rotatable bonds is 5. The topological polar surface area (TPSA) is 75.9 Å². The maximum Gasteiger partial charge on any atom is 0.269 e. The molecule has 0 spiro atoms. The van der Waals surface area contributed by atoms with E-state index in [0.717, 1.165) is 55.0 Å². The first-order chi connectivity index (χ1) is 14.5. The summed E-state index contributed by atoms with van der Waals surface area (Å²) >= 11 is 0. The average molecular weight is 405 g/mol. The lowest BCUT2D eigenvalue weighted by Gasteiger charge is -2.32. The summed E-state index contributed by atoms with van der Waals surface area (Å²) in [5, 5.41) is 6.89. The summed E-state index contributed by atoms with van der Waals surface area (Å²) in [6.45, 7) is 5.05. The molecule has 1 saturated heterocycles. The molecule has 0 radical (unpaired) electrons. The van der Waals surface area contributed by atoms with Crippen LogP contribution in [0.1, 0.15) is 46.3 Å². The first-order valence-electron chi connectivity index (χ1n) is 10.4. The maximum absolute atomic E-state index is 11.7. The van der Waals surface area contributed by atoms with Gasteiger partial charge < -0.3 is 5.32 Å². The fourth-order valence-corrected chi connectivity index (χ4v) is 4.12. The fraction of sp³-hybridized carbons (Fsp3) is 0.391. The van der Waals surface area contributed by atoms with E-state index in [2.05, 4.69) is 38.5 Å². The third kappa shape index (κ3) is 4.41. The number of likely N-dealkylation sites (tertiary alicyclic amines) is 1. The van der Waals surface area contributed by atoms with Crippen molar-refractivity contribution < 1.29 is 4.79 Å². The van der Waals surface area contributed by atoms with Crippen molar-refractivity contribution in [2.24, 2.45) is 7.05 Å². The monoisotopic (exact) mass is 404 g/mol. The van der Waals surface area contributed by atoms with Crippen molar-refractivity contribution in [1.82, 2.24) is 30.0 Å². The molecule has 0 aliphatic carbocycles. The molecule has 1 aliphatic heterocycles. The SMILES string of the molecule is CNC(=O)c1ccc(-c2cc(C)nc([C@H]3CCCN(Cc4ccnn4C)C3)c2)cn1. The van der Waals surface area contributed by atoms with E-state index in [1.807, 2.05) is 30.9 Å². The van der Waals surface area contributed by atoms with Crippen LogP contribution in [0, 0.1) is 6.92 Å². The van der Waals surface area contributed by atoms with E-state index >= 15 is 0 Å². The molecule has 30 heavy (non-hydrogen) atoms. The summed E-state index contributed by atoms with van der Waals surface area (Å²) in [6, 6.07) is 10.1. The van der Waals surface area contributed by atoms with E-state index in [-0.39, 0.29) is 5.91 Å². The van der Waals surface area contributed by atoms with Gasteiger partial charge in [-0.05, 0) is 56.1 Å². The maximum atomic E-state index is 11.7. The molecular formula is C23H28N6O. The third-order valence-corrected chi connectivity index (χ3v) is 5.76. The smallest absolute Gasteiger partial charge is 0.269 e. The number of hydrogen-bond acceptors (Lipinski definition) is 5. The Labute approximate surface area is 177 Å². The van der Waals surface area contributed by atoms with Gasteiger partial charge in [0.15, 0.2) is 0 Å². The summed E-state index contributed by atoms with van der Waals surface area (Å²) < 4.78 is 1.95. The molecule has 1 atom stereocenters. The Kier molecular flexibility index (Phi) is 5.90. The van der Waals surface area contributed by atoms with Gasteiger partial charge in [0.1, 0.15) is 5.69 Å². The molecule has 3 aromatic heterocycles. The molecule has 1 aliphatic rings. The van der Waals surface area contributed by atoms with Crippen molar-refractivity contribution in [2.45, 2.75) is 32.2 Å². The Bertz CT molecular complexity index is 1030. The van der Waals surface area contributed by atoms with Crippen molar-refractivity contribution in [3.05, 3.63) is 65.5 Å². The second-order valence-electron chi connectivity index (χ2n) is 7.95. The molecule has 4 rings (SSSR count). The van der Waals surface area contributed by atoms with E-state index in [1.54, 1.807) is 19.3 Å². The minimum atomic E-state index is -0.177. The van der Waals surface area contributed by atoms with Crippen LogP contribution in [0.2, 0.25) is 0 Å². The molecular weight excluding hydrogens is 376 g/mol. The van der Waals surface area contributed by atoms with E-state index in [4.69, 9.17) is 4.98 Å². The Balaban J connectivity index is 1.54. The highest BCUT2D eigenvalue weighted by molar-refractivity contribution is 5.92. The Hall–Kier alpha value is -3.06. The van der Waals surface area contributed by atoms with Gasteiger partial charge in [0.25, 0.3) is 5.91 Å². The Morgan fingerprint density at radius 2 is 2.10 bits per heavy atom. The van der Waals surface area contributed by atoms with Crippen LogP contribution in [0.5, 0.6) is 0 Å². The zero-order valence-corrected chi connectivity index (χ0v) is 17.8. The van der Waals surface area contributed by atoms with Gasteiger partial charge in [-0.3, -0.25) is 24.3 Å². The number of pyridine rings is 2. The highest BCUT2D eigenvalue weighted by Crippen LogP contribution is 2.30. The number of amides is 1. The van der Waals surface area contributed by atoms with E-state index < -0.39 is 0 Å². The standard InChI is InChI=1S/C23H28N6O/c1-16-11-19(17-6-7-21(25-13-17)23(30)24-2)12-22(27-16)18-5-4-10-29(14-18)15-20-8-9-26-28(20)3/h6-9,11-13,18H,4-5,10,14-15H2,1-3H3,(H,24,30)/t18-/m0/s1. The molecule has 1 amide bonds. The predicted octanol–water partition coefficient (Wildman–Crippen LogP) is 2.92. The summed E-state index contributed by atoms with van der Waals surface area (Å²) in [4.78, 5) is 23.4. The summed E-state index contributed by atoms with van der Waals surface area (Å²) in [5.41, 5.74) is 5.88. The van der Waals surface area contributed by atoms with E-state index in [1.165, 1.54) is 5.69 Å². The van der Waals surface area contributed by atoms with E-state index in [0.29, 0.717) is 11.6 Å². The predicted molar refractivity (Wildman–Crippen MR) is 116 cm³/mol. The molecule has 4 heterocycles. The number of nitrogens with one attached hydrogen (secondary N) is 1. The number of piperidine rings is 1. The molecule has 3 aromatic rings. The number of aryl methyl sites for hydroxylation is 2. The van der Waals surface area contributed by atoms with Crippen LogP contribution in [0.25, 0.3) is 11.1 Å². The molecule has 7 nitrogen and oxygen atoms in total. The van der Waals surface area contributed by atoms with Gasteiger partial charge in [0.2, 0.25) is 0 Å². The minimum Gasteiger partial charge on any atom is -0.354 e. The first-order valence-corrected chi connectivity index (χ1v) is 10.4. The quantitative estimate of drug-likeness (QED) is 0.708. The van der Waals surface area contributed by atoms with Crippen LogP contribution in [0.15, 0.2) is 42.7 Å². The zero-order chi connectivity index (χ0) is 21.1. The van der Waals surface area contributed by atoms with Crippen LogP contribution >= 0.6 is 0 Å². The molecule has 1 N–H and O–H groups in total. The molecule has 156 valence electrons. The molecule has 0 saturated carbocycles. The van der Waals surface area contributed by atoms with Crippen molar-refractivity contribution >= 4 is 5.91 Å². The first kappa shape index (κ1) is 20.2. The van der Waals surface area contributed by atoms with Crippen molar-refractivity contribution in [2.75, 3.05) is 20.1 Å². The van der Waals surface area contributed by atoms with Crippen molar-refractivity contribution in [1.29, 1.82) is 0 Å². The molecule has 0 bridgehead atoms. The largest absolute Gasteiger partial charge is 0.354 e. The molecule has 7 heteroatoms. The van der Waals surface area contributed by atoms with Gasteiger partial charge in [-0.15, -0.1) is 0 Å². The lowest BCUT2D eigenvalue weighted by atomic mass is 9.92. The fourth-order valence-electron chi connectivity index (χ4n) is 4.12. The average Bonchev–Trinajstić information content (AvgIpc) is 3.17. The number of nitrogens with zero attached hydrogens (tertiary/aromatic N) is 5. The number of carbonyl (C=O) groups excluding carboxylic acids is 1. The number of hydrogen-bond donors (Lipinski definition) is 1. The van der Waals surface area contributed by atoms with Gasteiger partial charge in [-0.25, -0.2) is 0 Å². The third-order valence-electron chi connectivity index (χ3n) is 5.76. The van der Waals surface area contributed by atoms with Gasteiger partial charge in [-0.2, -0.15) is 5.10 Å². The molecule has 0 aromatic carbocycles. The number of carbonyl (C=O) groups is 1. The van der Waals surface area contributed by atoms with Crippen LogP contribution in [0.3, 0.4) is 0 Å². The number of aromatic nitrogens is 4. The van der Waals surface area contributed by atoms with Gasteiger partial charge in [0, 0.05) is 62.4 Å². The minimum absolute atomic E-state index is 0.177. The van der Waals surface area contributed by atoms with Crippen LogP contribution in [0.4, 0.5) is 0 Å². The van der Waals surface area contributed by atoms with E-state index in [9.17, 15) is 4.79 Å². The summed E-state index contributed by atoms with van der Waals surface area (Å²) in [5.74, 6) is 0.229. The zero-order valence-electron chi connectivity index (χ0n) is 17.8. The van der Waals surface area contributed by atoms with Crippen LogP contribution in [-0.2, 0) is 13.6 Å². The lowest BCUT2D eigenvalue weighted by Crippen LogP contribution is -2.34. The lowest BCUT2D eigenvalue weighted by molar-refractivity contribution is 0.0958. The molecule has 0 unspecified atom stereocenters. The second-order valence-corrected chi connectivity index (χ2v) is 7.95.